The van der Waals surface area contributed by atoms with Crippen LogP contribution in [0.4, 0.5) is 5.69 Å². The van der Waals surface area contributed by atoms with Crippen molar-refractivity contribution in [1.29, 1.82) is 0 Å². The highest BCUT2D eigenvalue weighted by molar-refractivity contribution is 7.98. The number of hydrogen-bond donors (Lipinski definition) is 1. The second-order valence-corrected chi connectivity index (χ2v) is 3.43. The highest BCUT2D eigenvalue weighted by Gasteiger charge is 2.04. The lowest BCUT2D eigenvalue weighted by Crippen LogP contribution is -2.04. The maximum Gasteiger partial charge on any atom is 0.338 e. The van der Waals surface area contributed by atoms with Crippen LogP contribution in [0.2, 0.25) is 0 Å². The van der Waals surface area contributed by atoms with Gasteiger partial charge in [-0.3, -0.25) is 0 Å². The molecule has 5 heteroatoms. The molecule has 4 nitrogen and oxygen atoms in total. The van der Waals surface area contributed by atoms with Gasteiger partial charge < -0.3 is 9.46 Å². The van der Waals surface area contributed by atoms with Gasteiger partial charge in [0.05, 0.1) is 24.3 Å². The molecule has 0 aliphatic heterocycles. The molecule has 0 unspecified atom stereocenters. The minimum Gasteiger partial charge on any atom is -0.462 e. The highest BCUT2D eigenvalue weighted by atomic mass is 32.2. The normalized spacial score (nSPS) is 9.73. The van der Waals surface area contributed by atoms with Gasteiger partial charge in [0, 0.05) is 12.7 Å². The molecule has 1 aromatic rings. The molecule has 0 heterocycles. The van der Waals surface area contributed by atoms with Crippen LogP contribution >= 0.6 is 12.1 Å². The predicted molar refractivity (Wildman–Crippen MR) is 61.7 cm³/mol. The van der Waals surface area contributed by atoms with Crippen molar-refractivity contribution >= 4 is 23.8 Å². The molecule has 0 bridgehead atoms. The lowest BCUT2D eigenvalue weighted by molar-refractivity contribution is 0.0526. The van der Waals surface area contributed by atoms with E-state index in [9.17, 15) is 4.79 Å². The monoisotopic (exact) mass is 225 g/mol. The first-order chi connectivity index (χ1) is 7.27. The SMILES string of the molecule is CCOC(=O)c1ccc(NS[N]C)cc1. The van der Waals surface area contributed by atoms with Crippen LogP contribution in [0, 0.1) is 0 Å². The van der Waals surface area contributed by atoms with E-state index in [0.29, 0.717) is 12.2 Å². The van der Waals surface area contributed by atoms with Crippen LogP contribution in [0.3, 0.4) is 0 Å². The number of rotatable bonds is 5. The zero-order valence-electron chi connectivity index (χ0n) is 8.69. The Balaban J connectivity index is 2.59. The molecule has 0 aliphatic carbocycles. The quantitative estimate of drug-likeness (QED) is 0.615. The third-order valence-electron chi connectivity index (χ3n) is 1.65. The van der Waals surface area contributed by atoms with E-state index in [0.717, 1.165) is 5.69 Å². The van der Waals surface area contributed by atoms with E-state index in [1.165, 1.54) is 12.1 Å². The number of hydrogen-bond acceptors (Lipinski definition) is 4. The maximum atomic E-state index is 11.3. The Hall–Kier alpha value is -1.20. The molecule has 0 atom stereocenters. The maximum absolute atomic E-state index is 11.3. The fourth-order valence-electron chi connectivity index (χ4n) is 0.987. The molecule has 15 heavy (non-hydrogen) atoms. The molecule has 1 radical (unpaired) electrons. The first-order valence-corrected chi connectivity index (χ1v) is 5.33. The summed E-state index contributed by atoms with van der Waals surface area (Å²) in [6, 6.07) is 7.06. The van der Waals surface area contributed by atoms with E-state index >= 15 is 0 Å². The zero-order chi connectivity index (χ0) is 11.1. The summed E-state index contributed by atoms with van der Waals surface area (Å²) in [7, 11) is 1.70. The molecule has 0 aromatic heterocycles. The summed E-state index contributed by atoms with van der Waals surface area (Å²) < 4.78 is 11.7. The van der Waals surface area contributed by atoms with Crippen LogP contribution in [0.25, 0.3) is 0 Å². The summed E-state index contributed by atoms with van der Waals surface area (Å²) in [6.07, 6.45) is 0. The van der Waals surface area contributed by atoms with E-state index in [1.807, 2.05) is 12.1 Å². The first kappa shape index (κ1) is 11.9. The summed E-state index contributed by atoms with van der Waals surface area (Å²) in [5.41, 5.74) is 1.46. The zero-order valence-corrected chi connectivity index (χ0v) is 9.50. The molecule has 1 N–H and O–H groups in total. The van der Waals surface area contributed by atoms with Crippen LogP contribution in [0.15, 0.2) is 24.3 Å². The van der Waals surface area contributed by atoms with Gasteiger partial charge in [0.15, 0.2) is 0 Å². The molecule has 0 saturated heterocycles. The van der Waals surface area contributed by atoms with Crippen molar-refractivity contribution in [2.45, 2.75) is 6.92 Å². The summed E-state index contributed by atoms with van der Waals surface area (Å²) in [4.78, 5) is 11.3. The molecule has 0 amide bonds. The predicted octanol–water partition coefficient (Wildman–Crippen LogP) is 2.07. The van der Waals surface area contributed by atoms with Crippen LogP contribution in [-0.4, -0.2) is 19.6 Å². The van der Waals surface area contributed by atoms with Crippen molar-refractivity contribution in [2.75, 3.05) is 18.4 Å². The second-order valence-electron chi connectivity index (χ2n) is 2.67. The van der Waals surface area contributed by atoms with Gasteiger partial charge in [-0.05, 0) is 31.2 Å². The third-order valence-corrected chi connectivity index (χ3v) is 2.16. The Labute approximate surface area is 93.7 Å². The highest BCUT2D eigenvalue weighted by Crippen LogP contribution is 2.13. The summed E-state index contributed by atoms with van der Waals surface area (Å²) in [5, 5.41) is 0. The van der Waals surface area contributed by atoms with Crippen molar-refractivity contribution in [1.82, 2.24) is 4.72 Å². The van der Waals surface area contributed by atoms with Gasteiger partial charge in [0.1, 0.15) is 0 Å². The van der Waals surface area contributed by atoms with Crippen LogP contribution in [0.5, 0.6) is 0 Å². The van der Waals surface area contributed by atoms with Crippen LogP contribution in [-0.2, 0) is 4.74 Å². The second kappa shape index (κ2) is 6.31. The Morgan fingerprint density at radius 2 is 2.13 bits per heavy atom. The van der Waals surface area contributed by atoms with Crippen LogP contribution < -0.4 is 9.44 Å². The topological polar surface area (TPSA) is 52.4 Å². The van der Waals surface area contributed by atoms with Gasteiger partial charge in [0.25, 0.3) is 0 Å². The Morgan fingerprint density at radius 1 is 1.47 bits per heavy atom. The van der Waals surface area contributed by atoms with Gasteiger partial charge in [-0.15, -0.1) is 0 Å². The average Bonchev–Trinajstić information content (AvgIpc) is 2.27. The smallest absolute Gasteiger partial charge is 0.338 e. The number of ether oxygens (including phenoxy) is 1. The summed E-state index contributed by atoms with van der Waals surface area (Å²) >= 11 is 1.24. The minimum absolute atomic E-state index is 0.295. The molecular formula is C10H13N2O2S. The fourth-order valence-corrected chi connectivity index (χ4v) is 1.32. The third kappa shape index (κ3) is 3.81. The first-order valence-electron chi connectivity index (χ1n) is 4.56. The van der Waals surface area contributed by atoms with Crippen molar-refractivity contribution in [3.05, 3.63) is 29.8 Å². The lowest BCUT2D eigenvalue weighted by Gasteiger charge is -2.04. The van der Waals surface area contributed by atoms with Crippen molar-refractivity contribution < 1.29 is 9.53 Å². The Kier molecular flexibility index (Phi) is 5.00. The van der Waals surface area contributed by atoms with E-state index in [-0.39, 0.29) is 5.97 Å². The number of carbonyl (C=O) groups is 1. The van der Waals surface area contributed by atoms with E-state index < -0.39 is 0 Å². The summed E-state index contributed by atoms with van der Waals surface area (Å²) in [6.45, 7) is 2.18. The van der Waals surface area contributed by atoms with Gasteiger partial charge in [-0.25, -0.2) is 4.79 Å². The summed E-state index contributed by atoms with van der Waals surface area (Å²) in [5.74, 6) is -0.295. The van der Waals surface area contributed by atoms with Gasteiger partial charge in [-0.1, -0.05) is 0 Å². The van der Waals surface area contributed by atoms with Gasteiger partial charge in [0.2, 0.25) is 0 Å². The molecule has 81 valence electrons. The van der Waals surface area contributed by atoms with Crippen molar-refractivity contribution in [3.63, 3.8) is 0 Å². The van der Waals surface area contributed by atoms with Gasteiger partial charge >= 0.3 is 5.97 Å². The molecule has 1 rings (SSSR count). The molecule has 1 aromatic carbocycles. The average molecular weight is 225 g/mol. The molecule has 0 saturated carbocycles. The minimum atomic E-state index is -0.295. The number of anilines is 1. The number of benzene rings is 1. The molecule has 0 aliphatic rings. The largest absolute Gasteiger partial charge is 0.462 e. The number of esters is 1. The Bertz CT molecular complexity index is 314. The van der Waals surface area contributed by atoms with E-state index in [2.05, 4.69) is 9.44 Å². The van der Waals surface area contributed by atoms with Crippen molar-refractivity contribution in [3.8, 4) is 0 Å². The van der Waals surface area contributed by atoms with Crippen molar-refractivity contribution in [2.24, 2.45) is 0 Å². The standard InChI is InChI=1S/C10H13N2O2S/c1-3-14-10(13)8-4-6-9(7-5-8)12-15-11-2/h4-7,12H,3H2,1-2H3. The lowest BCUT2D eigenvalue weighted by atomic mass is 10.2. The fraction of sp³-hybridized carbons (Fsp3) is 0.300. The number of nitrogens with one attached hydrogen (secondary N) is 1. The van der Waals surface area contributed by atoms with E-state index in [4.69, 9.17) is 4.74 Å². The molecular weight excluding hydrogens is 212 g/mol. The van der Waals surface area contributed by atoms with Gasteiger partial charge in [-0.2, -0.15) is 4.72 Å². The molecule has 0 spiro atoms. The number of nitrogens with zero attached hydrogens (tertiary/aromatic N) is 1. The van der Waals surface area contributed by atoms with Crippen LogP contribution in [0.1, 0.15) is 17.3 Å². The molecule has 0 fully saturated rings. The van der Waals surface area contributed by atoms with E-state index in [1.54, 1.807) is 26.1 Å². The Morgan fingerprint density at radius 3 is 2.67 bits per heavy atom. The number of carbonyl (C=O) groups excluding carboxylic acids is 1.